The Labute approximate surface area is 45.4 Å². The molecular formula is C3H9NO2Si. The first-order chi connectivity index (χ1) is 3.27. The number of carbonyl (C=O) groups excluding carboxylic acids is 1. The summed E-state index contributed by atoms with van der Waals surface area (Å²) in [5, 5.41) is 0. The summed E-state index contributed by atoms with van der Waals surface area (Å²) in [5.41, 5.74) is 4.78. The number of carbonyl (C=O) groups is 1. The molecule has 0 atom stereocenters. The number of rotatable bonds is 3. The molecule has 1 amide bonds. The minimum atomic E-state index is -0.296. The van der Waals surface area contributed by atoms with E-state index in [1.54, 1.807) is 0 Å². The van der Waals surface area contributed by atoms with Crippen LogP contribution in [0, 0.1) is 0 Å². The standard InChI is InChI=1S/C3H9NO2Si/c4-3(5)1-2-6-7/h1-2H2,7H3,(H2,4,5). The molecule has 0 radical (unpaired) electrons. The number of amides is 1. The molecule has 0 aliphatic heterocycles. The Morgan fingerprint density at radius 3 is 2.57 bits per heavy atom. The third-order valence-electron chi connectivity index (χ3n) is 0.553. The Balaban J connectivity index is 2.82. The molecular weight excluding hydrogens is 110 g/mol. The Morgan fingerprint density at radius 2 is 2.43 bits per heavy atom. The molecule has 0 saturated heterocycles. The Hall–Kier alpha value is -0.353. The van der Waals surface area contributed by atoms with Crippen LogP contribution in [-0.2, 0) is 9.22 Å². The van der Waals surface area contributed by atoms with Gasteiger partial charge in [0.05, 0.1) is 0 Å². The van der Waals surface area contributed by atoms with Gasteiger partial charge in [0.25, 0.3) is 0 Å². The summed E-state index contributed by atoms with van der Waals surface area (Å²) in [4.78, 5) is 9.92. The van der Waals surface area contributed by atoms with Crippen molar-refractivity contribution in [3.05, 3.63) is 0 Å². The van der Waals surface area contributed by atoms with Gasteiger partial charge in [0.15, 0.2) is 0 Å². The first-order valence-corrected chi connectivity index (χ1v) is 2.86. The minimum absolute atomic E-state index is 0.296. The van der Waals surface area contributed by atoms with Crippen LogP contribution in [0.5, 0.6) is 0 Å². The molecule has 0 rings (SSSR count). The lowest BCUT2D eigenvalue weighted by atomic mass is 10.4. The maximum Gasteiger partial charge on any atom is 0.219 e. The van der Waals surface area contributed by atoms with Crippen molar-refractivity contribution in [2.45, 2.75) is 6.42 Å². The average Bonchev–Trinajstić information content (AvgIpc) is 1.61. The second-order valence-electron chi connectivity index (χ2n) is 1.21. The quantitative estimate of drug-likeness (QED) is 0.444. The van der Waals surface area contributed by atoms with Crippen molar-refractivity contribution in [3.63, 3.8) is 0 Å². The van der Waals surface area contributed by atoms with Gasteiger partial charge in [-0.15, -0.1) is 0 Å². The monoisotopic (exact) mass is 119 g/mol. The fourth-order valence-corrected chi connectivity index (χ4v) is 0.407. The number of hydrogen-bond acceptors (Lipinski definition) is 2. The van der Waals surface area contributed by atoms with Gasteiger partial charge in [-0.2, -0.15) is 0 Å². The van der Waals surface area contributed by atoms with Crippen molar-refractivity contribution >= 4 is 16.4 Å². The molecule has 0 saturated carbocycles. The molecule has 0 aromatic heterocycles. The molecule has 7 heavy (non-hydrogen) atoms. The van der Waals surface area contributed by atoms with Crippen LogP contribution in [0.15, 0.2) is 0 Å². The van der Waals surface area contributed by atoms with Gasteiger partial charge in [0.2, 0.25) is 5.91 Å². The van der Waals surface area contributed by atoms with Crippen molar-refractivity contribution < 1.29 is 9.22 Å². The fourth-order valence-electron chi connectivity index (χ4n) is 0.203. The Morgan fingerprint density at radius 1 is 1.86 bits per heavy atom. The van der Waals surface area contributed by atoms with E-state index in [1.807, 2.05) is 0 Å². The van der Waals surface area contributed by atoms with Crippen molar-refractivity contribution in [2.75, 3.05) is 6.61 Å². The fraction of sp³-hybridized carbons (Fsp3) is 0.667. The lowest BCUT2D eigenvalue weighted by Gasteiger charge is -1.90. The van der Waals surface area contributed by atoms with E-state index < -0.39 is 0 Å². The minimum Gasteiger partial charge on any atom is -0.427 e. The number of primary amides is 1. The second kappa shape index (κ2) is 3.82. The van der Waals surface area contributed by atoms with Crippen LogP contribution < -0.4 is 5.73 Å². The topological polar surface area (TPSA) is 52.3 Å². The van der Waals surface area contributed by atoms with Crippen LogP contribution in [-0.4, -0.2) is 23.0 Å². The van der Waals surface area contributed by atoms with Gasteiger partial charge < -0.3 is 10.2 Å². The predicted octanol–water partition coefficient (Wildman–Crippen LogP) is -1.84. The molecule has 0 unspecified atom stereocenters. The molecule has 4 heteroatoms. The molecule has 3 nitrogen and oxygen atoms in total. The molecule has 0 aromatic carbocycles. The first-order valence-electron chi connectivity index (χ1n) is 2.04. The van der Waals surface area contributed by atoms with Crippen LogP contribution >= 0.6 is 0 Å². The molecule has 0 heterocycles. The highest BCUT2D eigenvalue weighted by Gasteiger charge is 1.88. The van der Waals surface area contributed by atoms with E-state index in [2.05, 4.69) is 0 Å². The molecule has 2 N–H and O–H groups in total. The highest BCUT2D eigenvalue weighted by Crippen LogP contribution is 1.73. The van der Waals surface area contributed by atoms with Crippen molar-refractivity contribution in [1.29, 1.82) is 0 Å². The summed E-state index contributed by atoms with van der Waals surface area (Å²) in [6.07, 6.45) is 0.351. The van der Waals surface area contributed by atoms with E-state index in [1.165, 1.54) is 0 Å². The smallest absolute Gasteiger partial charge is 0.219 e. The normalized spacial score (nSPS) is 9.14. The van der Waals surface area contributed by atoms with Gasteiger partial charge in [-0.05, 0) is 0 Å². The van der Waals surface area contributed by atoms with Crippen molar-refractivity contribution in [1.82, 2.24) is 0 Å². The van der Waals surface area contributed by atoms with Crippen LogP contribution in [0.4, 0.5) is 0 Å². The molecule has 0 spiro atoms. The molecule has 0 aromatic rings. The maximum absolute atomic E-state index is 9.92. The molecule has 42 valence electrons. The van der Waals surface area contributed by atoms with Gasteiger partial charge in [-0.25, -0.2) is 0 Å². The lowest BCUT2D eigenvalue weighted by molar-refractivity contribution is -0.118. The molecule has 0 aliphatic carbocycles. The van der Waals surface area contributed by atoms with Crippen LogP contribution in [0.3, 0.4) is 0 Å². The number of nitrogens with two attached hydrogens (primary N) is 1. The third-order valence-corrected chi connectivity index (χ3v) is 0.961. The predicted molar refractivity (Wildman–Crippen MR) is 29.7 cm³/mol. The molecule has 0 aliphatic rings. The van der Waals surface area contributed by atoms with E-state index >= 15 is 0 Å². The third kappa shape index (κ3) is 5.65. The zero-order chi connectivity index (χ0) is 5.70. The second-order valence-corrected chi connectivity index (χ2v) is 1.79. The summed E-state index contributed by atoms with van der Waals surface area (Å²) < 4.78 is 4.69. The first kappa shape index (κ1) is 6.65. The SMILES string of the molecule is NC(=O)CCO[SiH3]. The average molecular weight is 119 g/mol. The lowest BCUT2D eigenvalue weighted by Crippen LogP contribution is -2.12. The summed E-state index contributed by atoms with van der Waals surface area (Å²) in [6, 6.07) is 0. The van der Waals surface area contributed by atoms with E-state index in [0.29, 0.717) is 23.5 Å². The van der Waals surface area contributed by atoms with Gasteiger partial charge >= 0.3 is 0 Å². The largest absolute Gasteiger partial charge is 0.427 e. The van der Waals surface area contributed by atoms with E-state index in [9.17, 15) is 4.79 Å². The van der Waals surface area contributed by atoms with Gasteiger partial charge in [-0.3, -0.25) is 4.79 Å². The van der Waals surface area contributed by atoms with Gasteiger partial charge in [0, 0.05) is 13.0 Å². The molecule has 0 bridgehead atoms. The van der Waals surface area contributed by atoms with E-state index in [-0.39, 0.29) is 5.91 Å². The van der Waals surface area contributed by atoms with Crippen LogP contribution in [0.2, 0.25) is 0 Å². The zero-order valence-corrected chi connectivity index (χ0v) is 6.31. The number of hydrogen-bond donors (Lipinski definition) is 1. The summed E-state index contributed by atoms with van der Waals surface area (Å²) in [7, 11) is 0.687. The van der Waals surface area contributed by atoms with Crippen LogP contribution in [0.25, 0.3) is 0 Å². The maximum atomic E-state index is 9.92. The molecule has 0 fully saturated rings. The van der Waals surface area contributed by atoms with Gasteiger partial charge in [-0.1, -0.05) is 0 Å². The van der Waals surface area contributed by atoms with E-state index in [4.69, 9.17) is 10.2 Å². The Bertz CT molecular complexity index is 66.0. The Kier molecular flexibility index (Phi) is 3.63. The van der Waals surface area contributed by atoms with E-state index in [0.717, 1.165) is 0 Å². The highest BCUT2D eigenvalue weighted by atomic mass is 28.2. The summed E-state index contributed by atoms with van der Waals surface area (Å²) in [6.45, 7) is 0.488. The summed E-state index contributed by atoms with van der Waals surface area (Å²) >= 11 is 0. The van der Waals surface area contributed by atoms with Crippen LogP contribution in [0.1, 0.15) is 6.42 Å². The zero-order valence-electron chi connectivity index (χ0n) is 4.31. The highest BCUT2D eigenvalue weighted by molar-refractivity contribution is 5.98. The van der Waals surface area contributed by atoms with Gasteiger partial charge in [0.1, 0.15) is 10.5 Å². The van der Waals surface area contributed by atoms with Crippen molar-refractivity contribution in [2.24, 2.45) is 5.73 Å². The summed E-state index contributed by atoms with van der Waals surface area (Å²) in [5.74, 6) is -0.296. The van der Waals surface area contributed by atoms with Crippen molar-refractivity contribution in [3.8, 4) is 0 Å².